The summed E-state index contributed by atoms with van der Waals surface area (Å²) in [5.41, 5.74) is 0.551. The van der Waals surface area contributed by atoms with Gasteiger partial charge in [0.25, 0.3) is 0 Å². The van der Waals surface area contributed by atoms with Crippen molar-refractivity contribution in [2.45, 2.75) is 6.42 Å². The summed E-state index contributed by atoms with van der Waals surface area (Å²) in [6.07, 6.45) is 1.32. The molecule has 0 heterocycles. The lowest BCUT2D eigenvalue weighted by molar-refractivity contribution is -0.139. The van der Waals surface area contributed by atoms with Crippen molar-refractivity contribution in [1.29, 1.82) is 0 Å². The molecule has 1 fully saturated rings. The number of carbonyl (C=O) groups excluding carboxylic acids is 1. The van der Waals surface area contributed by atoms with Crippen LogP contribution in [0.3, 0.4) is 0 Å². The van der Waals surface area contributed by atoms with E-state index in [1.165, 1.54) is 6.07 Å². The van der Waals surface area contributed by atoms with Crippen molar-refractivity contribution >= 4 is 33.3 Å². The molecule has 1 saturated carbocycles. The van der Waals surface area contributed by atoms with Crippen molar-refractivity contribution in [2.75, 3.05) is 16.3 Å². The van der Waals surface area contributed by atoms with E-state index in [9.17, 15) is 18.0 Å². The van der Waals surface area contributed by atoms with Gasteiger partial charge in [-0.2, -0.15) is 0 Å². The predicted octanol–water partition coefficient (Wildman–Crippen LogP) is 0.717. The molecule has 108 valence electrons. The standard InChI is InChI=1S/C12H14N2O5S/c1-20(18,19)14-10-5-3-2-4-9(10)13-11(15)7-6-8(7)12(16)17/h2-5,7-8,14H,6H2,1H3,(H,13,15)(H,16,17)/t7-,8+/m0/s1. The fourth-order valence-electron chi connectivity index (χ4n) is 1.86. The molecule has 2 atom stereocenters. The fourth-order valence-corrected chi connectivity index (χ4v) is 2.44. The number of carboxylic acids is 1. The number of carbonyl (C=O) groups is 2. The summed E-state index contributed by atoms with van der Waals surface area (Å²) < 4.78 is 24.7. The Morgan fingerprint density at radius 2 is 1.80 bits per heavy atom. The maximum absolute atomic E-state index is 11.9. The molecule has 8 heteroatoms. The fraction of sp³-hybridized carbons (Fsp3) is 0.333. The van der Waals surface area contributed by atoms with Crippen molar-refractivity contribution in [3.05, 3.63) is 24.3 Å². The van der Waals surface area contributed by atoms with E-state index in [1.807, 2.05) is 0 Å². The second-order valence-electron chi connectivity index (χ2n) is 4.70. The van der Waals surface area contributed by atoms with Crippen molar-refractivity contribution in [3.63, 3.8) is 0 Å². The number of sulfonamides is 1. The molecule has 0 spiro atoms. The Morgan fingerprint density at radius 1 is 1.20 bits per heavy atom. The van der Waals surface area contributed by atoms with E-state index in [1.54, 1.807) is 18.2 Å². The first-order chi connectivity index (χ1) is 9.28. The van der Waals surface area contributed by atoms with Crippen LogP contribution < -0.4 is 10.0 Å². The van der Waals surface area contributed by atoms with Crippen LogP contribution in [-0.2, 0) is 19.6 Å². The van der Waals surface area contributed by atoms with Crippen molar-refractivity contribution in [2.24, 2.45) is 11.8 Å². The normalized spacial score (nSPS) is 21.1. The van der Waals surface area contributed by atoms with E-state index in [0.29, 0.717) is 12.1 Å². The first kappa shape index (κ1) is 14.3. The smallest absolute Gasteiger partial charge is 0.307 e. The highest BCUT2D eigenvalue weighted by atomic mass is 32.2. The van der Waals surface area contributed by atoms with Gasteiger partial charge >= 0.3 is 5.97 Å². The lowest BCUT2D eigenvalue weighted by Crippen LogP contribution is -2.19. The molecule has 1 amide bonds. The van der Waals surface area contributed by atoms with E-state index in [2.05, 4.69) is 10.0 Å². The molecule has 0 unspecified atom stereocenters. The van der Waals surface area contributed by atoms with Gasteiger partial charge in [-0.25, -0.2) is 8.42 Å². The molecule has 7 nitrogen and oxygen atoms in total. The largest absolute Gasteiger partial charge is 0.481 e. The SMILES string of the molecule is CS(=O)(=O)Nc1ccccc1NC(=O)[C@H]1C[C@H]1C(=O)O. The van der Waals surface area contributed by atoms with Crippen LogP contribution in [0.25, 0.3) is 0 Å². The molecule has 0 saturated heterocycles. The average molecular weight is 298 g/mol. The Labute approximate surface area is 116 Å². The Hall–Kier alpha value is -2.09. The van der Waals surface area contributed by atoms with Crippen LogP contribution >= 0.6 is 0 Å². The number of nitrogens with one attached hydrogen (secondary N) is 2. The zero-order valence-electron chi connectivity index (χ0n) is 10.7. The van der Waals surface area contributed by atoms with Gasteiger partial charge in [0, 0.05) is 0 Å². The summed E-state index contributed by atoms with van der Waals surface area (Å²) in [7, 11) is -3.46. The van der Waals surface area contributed by atoms with Crippen LogP contribution in [-0.4, -0.2) is 31.7 Å². The summed E-state index contributed by atoms with van der Waals surface area (Å²) >= 11 is 0. The number of hydrogen-bond donors (Lipinski definition) is 3. The lowest BCUT2D eigenvalue weighted by Gasteiger charge is -2.11. The Morgan fingerprint density at radius 3 is 2.30 bits per heavy atom. The van der Waals surface area contributed by atoms with Crippen molar-refractivity contribution in [1.82, 2.24) is 0 Å². The lowest BCUT2D eigenvalue weighted by atomic mass is 10.2. The highest BCUT2D eigenvalue weighted by Gasteiger charge is 2.48. The third-order valence-corrected chi connectivity index (χ3v) is 3.52. The van der Waals surface area contributed by atoms with Gasteiger partial charge in [0.15, 0.2) is 0 Å². The number of benzene rings is 1. The van der Waals surface area contributed by atoms with Gasteiger partial charge in [-0.05, 0) is 18.6 Å². The first-order valence-corrected chi connectivity index (χ1v) is 7.77. The van der Waals surface area contributed by atoms with Crippen LogP contribution in [0.2, 0.25) is 0 Å². The van der Waals surface area contributed by atoms with E-state index in [0.717, 1.165) is 6.26 Å². The van der Waals surface area contributed by atoms with Gasteiger partial charge < -0.3 is 10.4 Å². The molecule has 3 N–H and O–H groups in total. The number of carboxylic acid groups (broad SMARTS) is 1. The summed E-state index contributed by atoms with van der Waals surface area (Å²) in [5.74, 6) is -2.61. The highest BCUT2D eigenvalue weighted by Crippen LogP contribution is 2.39. The van der Waals surface area contributed by atoms with Gasteiger partial charge in [-0.15, -0.1) is 0 Å². The van der Waals surface area contributed by atoms with Crippen molar-refractivity contribution in [3.8, 4) is 0 Å². The zero-order valence-corrected chi connectivity index (χ0v) is 11.5. The predicted molar refractivity (Wildman–Crippen MR) is 72.8 cm³/mol. The van der Waals surface area contributed by atoms with Gasteiger partial charge in [-0.1, -0.05) is 12.1 Å². The summed E-state index contributed by atoms with van der Waals surface area (Å²) in [6, 6.07) is 6.33. The first-order valence-electron chi connectivity index (χ1n) is 5.88. The number of aliphatic carboxylic acids is 1. The van der Waals surface area contributed by atoms with Crippen molar-refractivity contribution < 1.29 is 23.1 Å². The molecule has 0 aliphatic heterocycles. The second-order valence-corrected chi connectivity index (χ2v) is 6.44. The van der Waals surface area contributed by atoms with Crippen LogP contribution in [0.4, 0.5) is 11.4 Å². The van der Waals surface area contributed by atoms with Crippen LogP contribution in [0.5, 0.6) is 0 Å². The van der Waals surface area contributed by atoms with Gasteiger partial charge in [0.2, 0.25) is 15.9 Å². The molecule has 1 aliphatic carbocycles. The molecule has 0 bridgehead atoms. The molecular weight excluding hydrogens is 284 g/mol. The third-order valence-electron chi connectivity index (χ3n) is 2.92. The number of hydrogen-bond acceptors (Lipinski definition) is 4. The Balaban J connectivity index is 2.10. The van der Waals surface area contributed by atoms with Crippen LogP contribution in [0.15, 0.2) is 24.3 Å². The quantitative estimate of drug-likeness (QED) is 0.741. The average Bonchev–Trinajstić information content (AvgIpc) is 3.09. The highest BCUT2D eigenvalue weighted by molar-refractivity contribution is 7.92. The Kier molecular flexibility index (Phi) is 3.67. The molecule has 1 aliphatic rings. The number of anilines is 2. The minimum Gasteiger partial charge on any atom is -0.481 e. The molecule has 1 aromatic rings. The van der Waals surface area contributed by atoms with E-state index in [4.69, 9.17) is 5.11 Å². The summed E-state index contributed by atoms with van der Waals surface area (Å²) in [4.78, 5) is 22.6. The molecule has 1 aromatic carbocycles. The minimum atomic E-state index is -3.46. The maximum atomic E-state index is 11.9. The molecular formula is C12H14N2O5S. The van der Waals surface area contributed by atoms with Gasteiger partial charge in [-0.3, -0.25) is 14.3 Å². The number of para-hydroxylation sites is 2. The molecule has 2 rings (SSSR count). The molecule has 0 radical (unpaired) electrons. The maximum Gasteiger partial charge on any atom is 0.307 e. The second kappa shape index (κ2) is 5.12. The van der Waals surface area contributed by atoms with Gasteiger partial charge in [0.1, 0.15) is 0 Å². The van der Waals surface area contributed by atoms with E-state index in [-0.39, 0.29) is 5.69 Å². The third kappa shape index (κ3) is 3.47. The number of rotatable bonds is 5. The Bertz CT molecular complexity index is 656. The van der Waals surface area contributed by atoms with Crippen LogP contribution in [0.1, 0.15) is 6.42 Å². The van der Waals surface area contributed by atoms with Gasteiger partial charge in [0.05, 0.1) is 29.5 Å². The number of amides is 1. The summed E-state index contributed by atoms with van der Waals surface area (Å²) in [6.45, 7) is 0. The molecule has 0 aromatic heterocycles. The summed E-state index contributed by atoms with van der Waals surface area (Å²) in [5, 5.41) is 11.3. The minimum absolute atomic E-state index is 0.246. The van der Waals surface area contributed by atoms with E-state index >= 15 is 0 Å². The molecule has 20 heavy (non-hydrogen) atoms. The monoisotopic (exact) mass is 298 g/mol. The topological polar surface area (TPSA) is 113 Å². The zero-order chi connectivity index (χ0) is 14.9. The van der Waals surface area contributed by atoms with Crippen LogP contribution in [0, 0.1) is 11.8 Å². The van der Waals surface area contributed by atoms with E-state index < -0.39 is 33.7 Å².